The third-order valence-electron chi connectivity index (χ3n) is 1.72. The molecule has 0 aromatic carbocycles. The zero-order valence-corrected chi connectivity index (χ0v) is 8.92. The SMILES string of the molecule is O=C(O)c1ccc(CS[n+]2cncnc2)o1. The maximum atomic E-state index is 10.6. The Balaban J connectivity index is 1.97. The van der Waals surface area contributed by atoms with Crippen molar-refractivity contribution in [3.05, 3.63) is 42.6 Å². The van der Waals surface area contributed by atoms with Crippen LogP contribution in [0.15, 0.2) is 35.5 Å². The van der Waals surface area contributed by atoms with E-state index in [2.05, 4.69) is 9.97 Å². The molecule has 7 heteroatoms. The number of nitrogens with zero attached hydrogens (tertiary/aromatic N) is 3. The zero-order valence-electron chi connectivity index (χ0n) is 8.11. The number of carboxylic acid groups (broad SMARTS) is 1. The average molecular weight is 238 g/mol. The summed E-state index contributed by atoms with van der Waals surface area (Å²) >= 11 is 1.40. The van der Waals surface area contributed by atoms with Crippen molar-refractivity contribution >= 4 is 17.9 Å². The van der Waals surface area contributed by atoms with Crippen LogP contribution in [-0.2, 0) is 5.75 Å². The molecule has 0 amide bonds. The molecule has 0 unspecified atom stereocenters. The van der Waals surface area contributed by atoms with Crippen LogP contribution in [0.4, 0.5) is 0 Å². The van der Waals surface area contributed by atoms with Gasteiger partial charge in [-0.2, -0.15) is 3.97 Å². The van der Waals surface area contributed by atoms with Crippen molar-refractivity contribution in [2.75, 3.05) is 0 Å². The molecule has 16 heavy (non-hydrogen) atoms. The van der Waals surface area contributed by atoms with Crippen molar-refractivity contribution in [2.45, 2.75) is 5.75 Å². The second-order valence-electron chi connectivity index (χ2n) is 2.85. The highest BCUT2D eigenvalue weighted by molar-refractivity contribution is 7.92. The predicted octanol–water partition coefficient (Wildman–Crippen LogP) is 0.752. The van der Waals surface area contributed by atoms with E-state index in [9.17, 15) is 4.79 Å². The van der Waals surface area contributed by atoms with Crippen LogP contribution in [-0.4, -0.2) is 21.0 Å². The standard InChI is InChI=1S/C9H7N3O3S/c13-9(14)8-2-1-7(15-8)3-16-12-5-10-4-11-6-12/h1-2,4-6H,3H2/p+1. The van der Waals surface area contributed by atoms with E-state index in [0.717, 1.165) is 0 Å². The summed E-state index contributed by atoms with van der Waals surface area (Å²) in [5.41, 5.74) is 0. The molecule has 82 valence electrons. The molecule has 0 spiro atoms. The number of carbonyl (C=O) groups is 1. The lowest BCUT2D eigenvalue weighted by Gasteiger charge is -1.94. The molecule has 1 N–H and O–H groups in total. The van der Waals surface area contributed by atoms with Crippen LogP contribution >= 0.6 is 11.9 Å². The Labute approximate surface area is 95.1 Å². The lowest BCUT2D eigenvalue weighted by Crippen LogP contribution is -2.25. The van der Waals surface area contributed by atoms with Gasteiger partial charge < -0.3 is 9.52 Å². The minimum atomic E-state index is -1.06. The van der Waals surface area contributed by atoms with Gasteiger partial charge in [0.15, 0.2) is 0 Å². The van der Waals surface area contributed by atoms with Crippen molar-refractivity contribution < 1.29 is 18.3 Å². The Bertz CT molecular complexity index is 486. The van der Waals surface area contributed by atoms with Crippen LogP contribution in [0, 0.1) is 0 Å². The molecule has 0 aliphatic carbocycles. The fourth-order valence-electron chi connectivity index (χ4n) is 1.03. The summed E-state index contributed by atoms with van der Waals surface area (Å²) < 4.78 is 6.80. The van der Waals surface area contributed by atoms with Gasteiger partial charge in [0.25, 0.3) is 6.33 Å². The van der Waals surface area contributed by atoms with Crippen molar-refractivity contribution in [1.29, 1.82) is 0 Å². The molecular weight excluding hydrogens is 230 g/mol. The summed E-state index contributed by atoms with van der Waals surface area (Å²) in [5.74, 6) is 0.00122. The quantitative estimate of drug-likeness (QED) is 0.792. The molecule has 2 aromatic heterocycles. The summed E-state index contributed by atoms with van der Waals surface area (Å²) in [6, 6.07) is 3.07. The van der Waals surface area contributed by atoms with Gasteiger partial charge in [-0.1, -0.05) is 9.97 Å². The minimum Gasteiger partial charge on any atom is -0.475 e. The third-order valence-corrected chi connectivity index (χ3v) is 2.62. The molecule has 0 atom stereocenters. The zero-order chi connectivity index (χ0) is 11.4. The molecule has 0 radical (unpaired) electrons. The Morgan fingerprint density at radius 2 is 2.19 bits per heavy atom. The van der Waals surface area contributed by atoms with E-state index in [-0.39, 0.29) is 5.76 Å². The second-order valence-corrected chi connectivity index (χ2v) is 3.82. The topological polar surface area (TPSA) is 80.1 Å². The lowest BCUT2D eigenvalue weighted by atomic mass is 10.4. The molecule has 2 heterocycles. The lowest BCUT2D eigenvalue weighted by molar-refractivity contribution is -0.503. The summed E-state index contributed by atoms with van der Waals surface area (Å²) in [6.45, 7) is 0. The summed E-state index contributed by atoms with van der Waals surface area (Å²) in [7, 11) is 0. The molecular formula is C9H8N3O3S+. The Morgan fingerprint density at radius 1 is 1.44 bits per heavy atom. The third kappa shape index (κ3) is 2.57. The van der Waals surface area contributed by atoms with Crippen LogP contribution < -0.4 is 3.97 Å². The van der Waals surface area contributed by atoms with Crippen LogP contribution in [0.2, 0.25) is 0 Å². The van der Waals surface area contributed by atoms with E-state index in [1.54, 1.807) is 22.7 Å². The molecule has 0 bridgehead atoms. The smallest absolute Gasteiger partial charge is 0.371 e. The van der Waals surface area contributed by atoms with Gasteiger partial charge in [-0.05, 0) is 12.1 Å². The highest BCUT2D eigenvalue weighted by Gasteiger charge is 2.09. The van der Waals surface area contributed by atoms with Crippen LogP contribution in [0.1, 0.15) is 16.3 Å². The Hall–Kier alpha value is -1.89. The van der Waals surface area contributed by atoms with E-state index in [4.69, 9.17) is 9.52 Å². The van der Waals surface area contributed by atoms with Crippen LogP contribution in [0.5, 0.6) is 0 Å². The molecule has 0 fully saturated rings. The molecule has 0 saturated carbocycles. The Kier molecular flexibility index (Phi) is 3.16. The van der Waals surface area contributed by atoms with Gasteiger partial charge >= 0.3 is 5.97 Å². The van der Waals surface area contributed by atoms with Crippen molar-refractivity contribution in [2.24, 2.45) is 0 Å². The molecule has 0 saturated heterocycles. The molecule has 2 aromatic rings. The predicted molar refractivity (Wildman–Crippen MR) is 54.6 cm³/mol. The number of rotatable bonds is 4. The van der Waals surface area contributed by atoms with Gasteiger partial charge in [-0.3, -0.25) is 0 Å². The van der Waals surface area contributed by atoms with Gasteiger partial charge in [0.1, 0.15) is 5.76 Å². The minimum absolute atomic E-state index is 0.0510. The first-order valence-electron chi connectivity index (χ1n) is 4.37. The number of hydrogen-bond donors (Lipinski definition) is 1. The molecule has 6 nitrogen and oxygen atoms in total. The highest BCUT2D eigenvalue weighted by atomic mass is 32.2. The van der Waals surface area contributed by atoms with E-state index in [0.29, 0.717) is 11.5 Å². The normalized spacial score (nSPS) is 10.2. The summed E-state index contributed by atoms with van der Waals surface area (Å²) in [6.07, 6.45) is 4.66. The van der Waals surface area contributed by atoms with Crippen molar-refractivity contribution in [3.63, 3.8) is 0 Å². The van der Waals surface area contributed by atoms with Crippen molar-refractivity contribution in [3.8, 4) is 0 Å². The van der Waals surface area contributed by atoms with Crippen LogP contribution in [0.25, 0.3) is 0 Å². The Morgan fingerprint density at radius 3 is 2.81 bits per heavy atom. The van der Waals surface area contributed by atoms with E-state index in [1.165, 1.54) is 24.3 Å². The first-order chi connectivity index (χ1) is 7.75. The van der Waals surface area contributed by atoms with Crippen molar-refractivity contribution in [1.82, 2.24) is 9.97 Å². The summed E-state index contributed by atoms with van der Waals surface area (Å²) in [5, 5.41) is 8.66. The monoisotopic (exact) mass is 238 g/mol. The maximum absolute atomic E-state index is 10.6. The molecule has 0 aliphatic heterocycles. The van der Waals surface area contributed by atoms with Gasteiger partial charge in [-0.15, -0.1) is 0 Å². The second kappa shape index (κ2) is 4.75. The largest absolute Gasteiger partial charge is 0.475 e. The van der Waals surface area contributed by atoms with Gasteiger partial charge in [0.05, 0.1) is 5.75 Å². The van der Waals surface area contributed by atoms with E-state index >= 15 is 0 Å². The highest BCUT2D eigenvalue weighted by Crippen LogP contribution is 2.12. The van der Waals surface area contributed by atoms with E-state index in [1.807, 2.05) is 0 Å². The average Bonchev–Trinajstić information content (AvgIpc) is 2.76. The number of aromatic carboxylic acids is 1. The van der Waals surface area contributed by atoms with E-state index < -0.39 is 5.97 Å². The molecule has 2 rings (SSSR count). The number of furan rings is 1. The van der Waals surface area contributed by atoms with Gasteiger partial charge in [0.2, 0.25) is 18.4 Å². The first-order valence-corrected chi connectivity index (χ1v) is 5.31. The van der Waals surface area contributed by atoms with Gasteiger partial charge in [0, 0.05) is 11.9 Å². The van der Waals surface area contributed by atoms with Gasteiger partial charge in [-0.25, -0.2) is 4.79 Å². The fourth-order valence-corrected chi connectivity index (χ4v) is 1.71. The number of hydrogen-bond acceptors (Lipinski definition) is 5. The maximum Gasteiger partial charge on any atom is 0.371 e. The fraction of sp³-hybridized carbons (Fsp3) is 0.111. The summed E-state index contributed by atoms with van der Waals surface area (Å²) in [4.78, 5) is 18.2. The molecule has 0 aliphatic rings. The first kappa shape index (κ1) is 10.6. The van der Waals surface area contributed by atoms with Crippen LogP contribution in [0.3, 0.4) is 0 Å². The number of aromatic nitrogens is 3. The number of carboxylic acids is 1.